The predicted octanol–water partition coefficient (Wildman–Crippen LogP) is 3.16. The fourth-order valence-electron chi connectivity index (χ4n) is 1.57. The molecule has 1 aromatic carbocycles. The molecule has 0 saturated heterocycles. The summed E-state index contributed by atoms with van der Waals surface area (Å²) in [4.78, 5) is 0. The molecule has 120 valence electrons. The highest BCUT2D eigenvalue weighted by atomic mass is 19.4. The highest BCUT2D eigenvalue weighted by Gasteiger charge is 2.27. The Hall–Kier alpha value is -1.41. The summed E-state index contributed by atoms with van der Waals surface area (Å²) in [5.74, 6) is -2.79. The van der Waals surface area contributed by atoms with Crippen LogP contribution in [0.25, 0.3) is 0 Å². The Kier molecular flexibility index (Phi) is 6.35. The molecule has 0 aliphatic carbocycles. The lowest BCUT2D eigenvalue weighted by atomic mass is 10.0. The van der Waals surface area contributed by atoms with E-state index in [2.05, 4.69) is 9.47 Å². The van der Waals surface area contributed by atoms with Crippen molar-refractivity contribution in [1.29, 1.82) is 0 Å². The van der Waals surface area contributed by atoms with Gasteiger partial charge in [0, 0.05) is 6.04 Å². The van der Waals surface area contributed by atoms with Crippen molar-refractivity contribution >= 4 is 0 Å². The second-order valence-corrected chi connectivity index (χ2v) is 4.49. The van der Waals surface area contributed by atoms with E-state index in [1.165, 1.54) is 0 Å². The maximum absolute atomic E-state index is 13.6. The molecule has 0 radical (unpaired) electrons. The van der Waals surface area contributed by atoms with Crippen LogP contribution in [0.3, 0.4) is 0 Å². The van der Waals surface area contributed by atoms with E-state index >= 15 is 0 Å². The molecule has 1 aromatic rings. The van der Waals surface area contributed by atoms with Gasteiger partial charge >= 0.3 is 6.18 Å². The highest BCUT2D eigenvalue weighted by molar-refractivity contribution is 5.31. The second kappa shape index (κ2) is 7.56. The van der Waals surface area contributed by atoms with Crippen LogP contribution in [-0.2, 0) is 11.2 Å². The molecule has 3 nitrogen and oxygen atoms in total. The number of alkyl halides is 3. The highest BCUT2D eigenvalue weighted by Crippen LogP contribution is 2.24. The van der Waals surface area contributed by atoms with Crippen molar-refractivity contribution < 1.29 is 31.4 Å². The van der Waals surface area contributed by atoms with Gasteiger partial charge in [0.25, 0.3) is 0 Å². The Morgan fingerprint density at radius 2 is 1.76 bits per heavy atom. The lowest BCUT2D eigenvalue weighted by Crippen LogP contribution is -2.21. The summed E-state index contributed by atoms with van der Waals surface area (Å²) in [6, 6.07) is 1.85. The largest absolute Gasteiger partial charge is 0.461 e. The maximum atomic E-state index is 13.6. The monoisotopic (exact) mass is 313 g/mol. The summed E-state index contributed by atoms with van der Waals surface area (Å²) in [5, 5.41) is 0. The number of hydrogen-bond donors (Lipinski definition) is 1. The zero-order valence-corrected chi connectivity index (χ0v) is 11.3. The van der Waals surface area contributed by atoms with Crippen LogP contribution < -0.4 is 10.5 Å². The van der Waals surface area contributed by atoms with E-state index in [0.717, 1.165) is 12.1 Å². The van der Waals surface area contributed by atoms with Crippen molar-refractivity contribution in [2.45, 2.75) is 32.0 Å². The summed E-state index contributed by atoms with van der Waals surface area (Å²) in [6.07, 6.45) is -3.59. The minimum atomic E-state index is -4.53. The molecule has 0 bridgehead atoms. The molecule has 0 heterocycles. The van der Waals surface area contributed by atoms with E-state index in [9.17, 15) is 22.0 Å². The Balaban J connectivity index is 2.63. The quantitative estimate of drug-likeness (QED) is 0.478. The van der Waals surface area contributed by atoms with Gasteiger partial charge in [-0.15, -0.1) is 0 Å². The summed E-state index contributed by atoms with van der Waals surface area (Å²) in [6.45, 7) is -0.617. The Bertz CT molecular complexity index is 441. The van der Waals surface area contributed by atoms with Crippen LogP contribution in [0.2, 0.25) is 0 Å². The molecule has 2 N–H and O–H groups in total. The first kappa shape index (κ1) is 17.6. The average molecular weight is 313 g/mol. The summed E-state index contributed by atoms with van der Waals surface area (Å²) >= 11 is 0. The first-order valence-electron chi connectivity index (χ1n) is 6.23. The number of benzene rings is 1. The maximum Gasteiger partial charge on any atom is 0.411 e. The smallest absolute Gasteiger partial charge is 0.411 e. The zero-order chi connectivity index (χ0) is 16.0. The Morgan fingerprint density at radius 1 is 1.19 bits per heavy atom. The first-order valence-corrected chi connectivity index (χ1v) is 6.23. The number of hydrogen-bond acceptors (Lipinski definition) is 3. The summed E-state index contributed by atoms with van der Waals surface area (Å²) in [7, 11) is 0. The first-order chi connectivity index (χ1) is 9.73. The molecule has 1 rings (SSSR count). The van der Waals surface area contributed by atoms with Crippen molar-refractivity contribution in [3.05, 3.63) is 29.3 Å². The second-order valence-electron chi connectivity index (χ2n) is 4.49. The molecule has 0 aromatic heterocycles. The average Bonchev–Trinajstić information content (AvgIpc) is 2.35. The normalized spacial score (nSPS) is 13.3. The third-order valence-corrected chi connectivity index (χ3v) is 2.63. The van der Waals surface area contributed by atoms with Crippen molar-refractivity contribution in [2.24, 2.45) is 5.73 Å². The minimum Gasteiger partial charge on any atom is -0.461 e. The van der Waals surface area contributed by atoms with Gasteiger partial charge in [0.05, 0.1) is 0 Å². The van der Waals surface area contributed by atoms with Crippen molar-refractivity contribution in [3.8, 4) is 5.75 Å². The molecule has 8 heteroatoms. The molecular formula is C13H16F5NO2. The minimum absolute atomic E-state index is 0.231. The zero-order valence-electron chi connectivity index (χ0n) is 11.3. The van der Waals surface area contributed by atoms with Gasteiger partial charge in [-0.1, -0.05) is 6.92 Å². The van der Waals surface area contributed by atoms with Crippen LogP contribution in [0, 0.1) is 11.6 Å². The molecule has 1 atom stereocenters. The van der Waals surface area contributed by atoms with Gasteiger partial charge in [0.15, 0.2) is 24.2 Å². The van der Waals surface area contributed by atoms with Crippen LogP contribution in [0.5, 0.6) is 5.75 Å². The molecule has 0 fully saturated rings. The third kappa shape index (κ3) is 6.26. The predicted molar refractivity (Wildman–Crippen MR) is 65.8 cm³/mol. The van der Waals surface area contributed by atoms with Crippen molar-refractivity contribution in [2.75, 3.05) is 13.4 Å². The topological polar surface area (TPSA) is 44.5 Å². The fourth-order valence-corrected chi connectivity index (χ4v) is 1.57. The van der Waals surface area contributed by atoms with E-state index in [-0.39, 0.29) is 12.5 Å². The van der Waals surface area contributed by atoms with E-state index < -0.39 is 37.0 Å². The molecule has 21 heavy (non-hydrogen) atoms. The van der Waals surface area contributed by atoms with Crippen LogP contribution in [-0.4, -0.2) is 25.6 Å². The fraction of sp³-hybridized carbons (Fsp3) is 0.538. The van der Waals surface area contributed by atoms with Crippen LogP contribution in [0.4, 0.5) is 22.0 Å². The number of rotatable bonds is 7. The number of nitrogens with two attached hydrogens (primary N) is 1. The molecular weight excluding hydrogens is 297 g/mol. The van der Waals surface area contributed by atoms with Gasteiger partial charge in [-0.3, -0.25) is 0 Å². The molecule has 0 saturated carbocycles. The summed E-state index contributed by atoms with van der Waals surface area (Å²) < 4.78 is 71.4. The standard InChI is InChI=1S/C13H16F5NO2/c1-2-9(19)3-8-4-10(14)12(11(15)5-8)21-7-20-6-13(16,17)18/h4-5,9H,2-3,6-7,19H2,1H3. The van der Waals surface area contributed by atoms with Crippen LogP contribution >= 0.6 is 0 Å². The van der Waals surface area contributed by atoms with Gasteiger partial charge in [-0.05, 0) is 30.5 Å². The van der Waals surface area contributed by atoms with Gasteiger partial charge in [0.2, 0.25) is 0 Å². The molecule has 1 unspecified atom stereocenters. The number of halogens is 5. The molecule has 0 spiro atoms. The van der Waals surface area contributed by atoms with E-state index in [1.54, 1.807) is 0 Å². The Morgan fingerprint density at radius 3 is 2.24 bits per heavy atom. The van der Waals surface area contributed by atoms with Gasteiger partial charge in [-0.2, -0.15) is 13.2 Å². The summed E-state index contributed by atoms with van der Waals surface area (Å²) in [5.41, 5.74) is 6.03. The van der Waals surface area contributed by atoms with E-state index in [4.69, 9.17) is 5.73 Å². The number of ether oxygens (including phenoxy) is 2. The molecule has 0 amide bonds. The van der Waals surface area contributed by atoms with Crippen LogP contribution in [0.15, 0.2) is 12.1 Å². The van der Waals surface area contributed by atoms with E-state index in [1.807, 2.05) is 6.92 Å². The SMILES string of the molecule is CCC(N)Cc1cc(F)c(OCOCC(F)(F)F)c(F)c1. The van der Waals surface area contributed by atoms with Gasteiger partial charge < -0.3 is 15.2 Å². The van der Waals surface area contributed by atoms with E-state index in [0.29, 0.717) is 12.0 Å². The van der Waals surface area contributed by atoms with Gasteiger partial charge in [0.1, 0.15) is 6.61 Å². The van der Waals surface area contributed by atoms with Crippen LogP contribution in [0.1, 0.15) is 18.9 Å². The third-order valence-electron chi connectivity index (χ3n) is 2.63. The molecule has 0 aliphatic rings. The lowest BCUT2D eigenvalue weighted by Gasteiger charge is -2.13. The van der Waals surface area contributed by atoms with Crippen molar-refractivity contribution in [3.63, 3.8) is 0 Å². The van der Waals surface area contributed by atoms with Gasteiger partial charge in [-0.25, -0.2) is 8.78 Å². The molecule has 0 aliphatic heterocycles. The Labute approximate surface area is 118 Å². The lowest BCUT2D eigenvalue weighted by molar-refractivity contribution is -0.187. The van der Waals surface area contributed by atoms with Crippen molar-refractivity contribution in [1.82, 2.24) is 0 Å².